The van der Waals surface area contributed by atoms with Crippen molar-refractivity contribution in [3.63, 3.8) is 0 Å². The molecule has 3 heterocycles. The molecule has 1 fully saturated rings. The number of alkyl halides is 2. The first-order valence-corrected chi connectivity index (χ1v) is 11.6. The van der Waals surface area contributed by atoms with E-state index in [1.54, 1.807) is 30.3 Å². The Hall–Kier alpha value is -3.73. The lowest BCUT2D eigenvalue weighted by molar-refractivity contribution is 0.0659. The van der Waals surface area contributed by atoms with Crippen LogP contribution in [0.2, 0.25) is 0 Å². The van der Waals surface area contributed by atoms with Gasteiger partial charge in [-0.15, -0.1) is 0 Å². The summed E-state index contributed by atoms with van der Waals surface area (Å²) in [4.78, 5) is 12.3. The zero-order chi connectivity index (χ0) is 25.4. The van der Waals surface area contributed by atoms with Crippen LogP contribution in [-0.4, -0.2) is 55.5 Å². The van der Waals surface area contributed by atoms with Crippen molar-refractivity contribution in [3.8, 4) is 22.8 Å². The van der Waals surface area contributed by atoms with Gasteiger partial charge in [0.05, 0.1) is 37.6 Å². The third kappa shape index (κ3) is 4.46. The Morgan fingerprint density at radius 3 is 2.53 bits per heavy atom. The molecule has 3 aromatic rings. The van der Waals surface area contributed by atoms with Gasteiger partial charge in [-0.3, -0.25) is 4.79 Å². The van der Waals surface area contributed by atoms with E-state index in [-0.39, 0.29) is 18.0 Å². The van der Waals surface area contributed by atoms with E-state index in [1.807, 2.05) is 0 Å². The van der Waals surface area contributed by atoms with Gasteiger partial charge in [-0.1, -0.05) is 12.1 Å². The quantitative estimate of drug-likeness (QED) is 0.457. The van der Waals surface area contributed by atoms with Crippen molar-refractivity contribution < 1.29 is 27.4 Å². The number of anilines is 1. The lowest BCUT2D eigenvalue weighted by atomic mass is 9.97. The molecule has 0 spiro atoms. The standard InChI is InChI=1S/C25H26F3N5O3/c1-35-21-6-4-14(8-22(21)36-2)18-9-20(24(27)28)33-23(31-18)10-19(32-33)13-3-5-16(17(26)7-13)25(34)30-15-11-29-12-15/h3-8,10,15,18,20,24,29,31H,9,11-12H2,1-2H3,(H,30,34). The average molecular weight is 502 g/mol. The van der Waals surface area contributed by atoms with Crippen molar-refractivity contribution in [2.75, 3.05) is 32.6 Å². The number of carbonyl (C=O) groups excluding carboxylic acids is 1. The third-order valence-electron chi connectivity index (χ3n) is 6.58. The number of rotatable bonds is 7. The third-order valence-corrected chi connectivity index (χ3v) is 6.58. The molecule has 2 aliphatic rings. The Morgan fingerprint density at radius 2 is 1.89 bits per heavy atom. The van der Waals surface area contributed by atoms with E-state index in [0.717, 1.165) is 5.56 Å². The molecule has 1 aromatic heterocycles. The number of carbonyl (C=O) groups is 1. The molecule has 1 saturated heterocycles. The molecule has 2 unspecified atom stereocenters. The predicted octanol–water partition coefficient (Wildman–Crippen LogP) is 3.77. The zero-order valence-electron chi connectivity index (χ0n) is 19.7. The van der Waals surface area contributed by atoms with Crippen molar-refractivity contribution in [2.24, 2.45) is 0 Å². The lowest BCUT2D eigenvalue weighted by Crippen LogP contribution is -2.57. The molecule has 0 radical (unpaired) electrons. The van der Waals surface area contributed by atoms with Crippen molar-refractivity contribution in [1.82, 2.24) is 20.4 Å². The number of amides is 1. The summed E-state index contributed by atoms with van der Waals surface area (Å²) in [5.41, 5.74) is 1.39. The Morgan fingerprint density at radius 1 is 1.11 bits per heavy atom. The molecule has 5 rings (SSSR count). The van der Waals surface area contributed by atoms with Crippen LogP contribution in [0.3, 0.4) is 0 Å². The van der Waals surface area contributed by atoms with E-state index in [2.05, 4.69) is 21.0 Å². The number of methoxy groups -OCH3 is 2. The first-order valence-electron chi connectivity index (χ1n) is 11.6. The zero-order valence-corrected chi connectivity index (χ0v) is 19.7. The van der Waals surface area contributed by atoms with Crippen LogP contribution in [0.5, 0.6) is 11.5 Å². The van der Waals surface area contributed by atoms with Gasteiger partial charge < -0.3 is 25.4 Å². The van der Waals surface area contributed by atoms with Crippen LogP contribution in [0.25, 0.3) is 11.3 Å². The van der Waals surface area contributed by atoms with E-state index in [4.69, 9.17) is 9.47 Å². The highest BCUT2D eigenvalue weighted by atomic mass is 19.3. The monoisotopic (exact) mass is 501 g/mol. The maximum absolute atomic E-state index is 14.8. The minimum Gasteiger partial charge on any atom is -0.493 e. The van der Waals surface area contributed by atoms with Gasteiger partial charge in [-0.2, -0.15) is 5.10 Å². The van der Waals surface area contributed by atoms with E-state index in [9.17, 15) is 18.0 Å². The topological polar surface area (TPSA) is 89.4 Å². The van der Waals surface area contributed by atoms with Crippen molar-refractivity contribution in [1.29, 1.82) is 0 Å². The Bertz CT molecular complexity index is 1280. The second-order valence-electron chi connectivity index (χ2n) is 8.83. The molecule has 1 amide bonds. The summed E-state index contributed by atoms with van der Waals surface area (Å²) in [5.74, 6) is 0.231. The molecule has 8 nitrogen and oxygen atoms in total. The van der Waals surface area contributed by atoms with Crippen LogP contribution in [0.1, 0.15) is 34.4 Å². The van der Waals surface area contributed by atoms with Gasteiger partial charge in [0.15, 0.2) is 11.5 Å². The molecule has 11 heteroatoms. The summed E-state index contributed by atoms with van der Waals surface area (Å²) in [7, 11) is 3.04. The minimum absolute atomic E-state index is 0.0209. The maximum atomic E-state index is 14.8. The molecule has 36 heavy (non-hydrogen) atoms. The summed E-state index contributed by atoms with van der Waals surface area (Å²) in [6, 6.07) is 9.41. The fourth-order valence-corrected chi connectivity index (χ4v) is 4.49. The van der Waals surface area contributed by atoms with Gasteiger partial charge in [-0.05, 0) is 36.2 Å². The first kappa shape index (κ1) is 24.0. The summed E-state index contributed by atoms with van der Waals surface area (Å²) in [6.45, 7) is 1.29. The molecule has 190 valence electrons. The van der Waals surface area contributed by atoms with Crippen molar-refractivity contribution in [3.05, 3.63) is 59.4 Å². The van der Waals surface area contributed by atoms with E-state index < -0.39 is 30.2 Å². The van der Waals surface area contributed by atoms with Gasteiger partial charge in [0.2, 0.25) is 0 Å². The molecule has 0 saturated carbocycles. The SMILES string of the molecule is COc1ccc(C2CC(C(F)F)n3nc(-c4ccc(C(=O)NC5CNC5)c(F)c4)cc3N2)cc1OC. The summed E-state index contributed by atoms with van der Waals surface area (Å²) in [6.07, 6.45) is -2.57. The van der Waals surface area contributed by atoms with E-state index in [0.29, 0.717) is 41.7 Å². The molecular formula is C25H26F3N5O3. The number of hydrogen-bond donors (Lipinski definition) is 3. The van der Waals surface area contributed by atoms with Crippen LogP contribution in [0.4, 0.5) is 19.0 Å². The van der Waals surface area contributed by atoms with Gasteiger partial charge in [0.25, 0.3) is 12.3 Å². The molecule has 0 bridgehead atoms. The number of nitrogens with one attached hydrogen (secondary N) is 3. The van der Waals surface area contributed by atoms with E-state index >= 15 is 0 Å². The smallest absolute Gasteiger partial charge is 0.260 e. The largest absolute Gasteiger partial charge is 0.493 e. The normalized spacial score (nSPS) is 19.3. The van der Waals surface area contributed by atoms with Gasteiger partial charge in [0, 0.05) is 24.7 Å². The Balaban J connectivity index is 1.42. The van der Waals surface area contributed by atoms with Crippen LogP contribution >= 0.6 is 0 Å². The average Bonchev–Trinajstić information content (AvgIpc) is 3.29. The summed E-state index contributed by atoms with van der Waals surface area (Å²) < 4.78 is 54.8. The Kier molecular flexibility index (Phi) is 6.48. The summed E-state index contributed by atoms with van der Waals surface area (Å²) >= 11 is 0. The number of aromatic nitrogens is 2. The van der Waals surface area contributed by atoms with Crippen molar-refractivity contribution in [2.45, 2.75) is 31.0 Å². The minimum atomic E-state index is -2.66. The number of ether oxygens (including phenoxy) is 2. The van der Waals surface area contributed by atoms with Crippen LogP contribution in [-0.2, 0) is 0 Å². The molecule has 2 atom stereocenters. The number of fused-ring (bicyclic) bond motifs is 1. The predicted molar refractivity (Wildman–Crippen MR) is 127 cm³/mol. The molecule has 3 N–H and O–H groups in total. The van der Waals surface area contributed by atoms with Gasteiger partial charge >= 0.3 is 0 Å². The first-order chi connectivity index (χ1) is 17.4. The van der Waals surface area contributed by atoms with Gasteiger partial charge in [-0.25, -0.2) is 17.9 Å². The molecule has 2 aliphatic heterocycles. The van der Waals surface area contributed by atoms with Crippen LogP contribution in [0.15, 0.2) is 42.5 Å². The summed E-state index contributed by atoms with van der Waals surface area (Å²) in [5, 5.41) is 13.4. The highest BCUT2D eigenvalue weighted by Gasteiger charge is 2.35. The second-order valence-corrected chi connectivity index (χ2v) is 8.83. The number of nitrogens with zero attached hydrogens (tertiary/aromatic N) is 2. The van der Waals surface area contributed by atoms with Crippen LogP contribution < -0.4 is 25.4 Å². The lowest BCUT2D eigenvalue weighted by Gasteiger charge is -2.32. The highest BCUT2D eigenvalue weighted by molar-refractivity contribution is 5.95. The number of hydrogen-bond acceptors (Lipinski definition) is 6. The van der Waals surface area contributed by atoms with Crippen molar-refractivity contribution >= 4 is 11.7 Å². The molecular weight excluding hydrogens is 475 g/mol. The molecule has 0 aliphatic carbocycles. The molecule has 2 aromatic carbocycles. The maximum Gasteiger partial charge on any atom is 0.260 e. The van der Waals surface area contributed by atoms with E-state index in [1.165, 1.54) is 31.0 Å². The fraction of sp³-hybridized carbons (Fsp3) is 0.360. The number of halogens is 3. The fourth-order valence-electron chi connectivity index (χ4n) is 4.49. The van der Waals surface area contributed by atoms with Crippen LogP contribution in [0, 0.1) is 5.82 Å². The Labute approximate surface area is 205 Å². The second kappa shape index (κ2) is 9.73. The highest BCUT2D eigenvalue weighted by Crippen LogP contribution is 2.41. The number of benzene rings is 2. The van der Waals surface area contributed by atoms with Gasteiger partial charge in [0.1, 0.15) is 17.7 Å².